The standard InChI is InChI=1S/C18H18I3N3O2/c1-11(2)26-18-15(20)7-12(8-16(18)21)9-23-24-17(25)10-22-14-5-3-13(19)4-6-14/h3-9,11,22H,10H2,1-2H3,(H,24,25)/b23-9-. The molecule has 8 heteroatoms. The van der Waals surface area contributed by atoms with Crippen LogP contribution >= 0.6 is 67.8 Å². The highest BCUT2D eigenvalue weighted by atomic mass is 127. The molecule has 0 saturated carbocycles. The Hall–Kier alpha value is -0.630. The highest BCUT2D eigenvalue weighted by molar-refractivity contribution is 14.1. The Kier molecular flexibility index (Phi) is 8.87. The maximum absolute atomic E-state index is 11.9. The van der Waals surface area contributed by atoms with E-state index in [1.54, 1.807) is 6.21 Å². The second-order valence-corrected chi connectivity index (χ2v) is 9.20. The van der Waals surface area contributed by atoms with Gasteiger partial charge in [-0.05, 0) is 124 Å². The fraction of sp³-hybridized carbons (Fsp3) is 0.222. The van der Waals surface area contributed by atoms with Gasteiger partial charge in [-0.1, -0.05) is 0 Å². The van der Waals surface area contributed by atoms with Crippen LogP contribution in [0.25, 0.3) is 0 Å². The second kappa shape index (κ2) is 10.6. The van der Waals surface area contributed by atoms with Gasteiger partial charge in [-0.25, -0.2) is 5.43 Å². The van der Waals surface area contributed by atoms with Crippen LogP contribution in [0, 0.1) is 10.7 Å². The summed E-state index contributed by atoms with van der Waals surface area (Å²) in [6.07, 6.45) is 1.75. The lowest BCUT2D eigenvalue weighted by Crippen LogP contribution is -2.25. The lowest BCUT2D eigenvalue weighted by Gasteiger charge is -2.14. The van der Waals surface area contributed by atoms with Crippen molar-refractivity contribution in [2.75, 3.05) is 11.9 Å². The second-order valence-electron chi connectivity index (χ2n) is 5.63. The van der Waals surface area contributed by atoms with E-state index in [4.69, 9.17) is 4.74 Å². The van der Waals surface area contributed by atoms with Crippen LogP contribution in [0.15, 0.2) is 41.5 Å². The highest BCUT2D eigenvalue weighted by Gasteiger charge is 2.10. The van der Waals surface area contributed by atoms with Gasteiger partial charge in [0.25, 0.3) is 5.91 Å². The molecule has 0 atom stereocenters. The normalized spacial score (nSPS) is 11.0. The molecule has 0 aromatic heterocycles. The summed E-state index contributed by atoms with van der Waals surface area (Å²) in [6.45, 7) is 4.16. The van der Waals surface area contributed by atoms with E-state index < -0.39 is 0 Å². The number of benzene rings is 2. The average molecular weight is 689 g/mol. The van der Waals surface area contributed by atoms with E-state index in [-0.39, 0.29) is 18.6 Å². The molecular formula is C18H18I3N3O2. The third-order valence-electron chi connectivity index (χ3n) is 3.07. The van der Waals surface area contributed by atoms with Gasteiger partial charge in [0.2, 0.25) is 0 Å². The number of rotatable bonds is 7. The summed E-state index contributed by atoms with van der Waals surface area (Å²) in [5.74, 6) is 0.674. The predicted octanol–water partition coefficient (Wildman–Crippen LogP) is 4.85. The third kappa shape index (κ3) is 7.18. The van der Waals surface area contributed by atoms with Crippen LogP contribution in [0.3, 0.4) is 0 Å². The molecule has 2 aromatic carbocycles. The average Bonchev–Trinajstić information content (AvgIpc) is 2.57. The van der Waals surface area contributed by atoms with Crippen LogP contribution in [-0.2, 0) is 4.79 Å². The minimum absolute atomic E-state index is 0.122. The Balaban J connectivity index is 1.89. The molecule has 2 N–H and O–H groups in total. The van der Waals surface area contributed by atoms with Crippen molar-refractivity contribution < 1.29 is 9.53 Å². The van der Waals surface area contributed by atoms with E-state index >= 15 is 0 Å². The van der Waals surface area contributed by atoms with Gasteiger partial charge in [0.15, 0.2) is 0 Å². The first-order chi connectivity index (χ1) is 12.3. The zero-order chi connectivity index (χ0) is 19.1. The summed E-state index contributed by atoms with van der Waals surface area (Å²) in [6, 6.07) is 11.8. The van der Waals surface area contributed by atoms with E-state index in [9.17, 15) is 4.79 Å². The van der Waals surface area contributed by atoms with E-state index in [0.29, 0.717) is 0 Å². The van der Waals surface area contributed by atoms with Crippen LogP contribution in [0.5, 0.6) is 5.75 Å². The number of nitrogens with one attached hydrogen (secondary N) is 2. The maximum Gasteiger partial charge on any atom is 0.259 e. The van der Waals surface area contributed by atoms with Crippen LogP contribution in [-0.4, -0.2) is 24.8 Å². The van der Waals surface area contributed by atoms with Crippen molar-refractivity contribution >= 4 is 85.6 Å². The van der Waals surface area contributed by atoms with E-state index in [0.717, 1.165) is 27.7 Å². The molecule has 1 amide bonds. The van der Waals surface area contributed by atoms with Crippen LogP contribution < -0.4 is 15.5 Å². The Morgan fingerprint density at radius 1 is 1.15 bits per heavy atom. The van der Waals surface area contributed by atoms with E-state index in [2.05, 4.69) is 83.6 Å². The molecule has 0 fully saturated rings. The summed E-state index contributed by atoms with van der Waals surface area (Å²) in [7, 11) is 0. The molecule has 2 rings (SSSR count). The molecule has 0 bridgehead atoms. The van der Waals surface area contributed by atoms with E-state index in [1.165, 1.54) is 0 Å². The van der Waals surface area contributed by atoms with Crippen molar-refractivity contribution in [1.29, 1.82) is 0 Å². The lowest BCUT2D eigenvalue weighted by atomic mass is 10.2. The van der Waals surface area contributed by atoms with Crippen molar-refractivity contribution in [3.05, 3.63) is 52.7 Å². The molecule has 2 aromatic rings. The summed E-state index contributed by atoms with van der Waals surface area (Å²) in [4.78, 5) is 11.9. The van der Waals surface area contributed by atoms with Crippen molar-refractivity contribution in [3.63, 3.8) is 0 Å². The first-order valence-electron chi connectivity index (χ1n) is 7.82. The van der Waals surface area contributed by atoms with Crippen molar-refractivity contribution in [2.24, 2.45) is 5.10 Å². The zero-order valence-electron chi connectivity index (χ0n) is 14.2. The predicted molar refractivity (Wildman–Crippen MR) is 131 cm³/mol. The fourth-order valence-electron chi connectivity index (χ4n) is 1.97. The monoisotopic (exact) mass is 689 g/mol. The van der Waals surface area contributed by atoms with Gasteiger partial charge in [-0.2, -0.15) is 5.10 Å². The number of ether oxygens (including phenoxy) is 1. The molecule has 0 aliphatic carbocycles. The van der Waals surface area contributed by atoms with Gasteiger partial charge in [0, 0.05) is 9.26 Å². The number of hydrogen-bond donors (Lipinski definition) is 2. The Bertz CT molecular complexity index is 770. The molecule has 0 radical (unpaired) electrons. The van der Waals surface area contributed by atoms with Gasteiger partial charge in [-0.15, -0.1) is 0 Å². The number of amides is 1. The van der Waals surface area contributed by atoms with Crippen LogP contribution in [0.1, 0.15) is 19.4 Å². The van der Waals surface area contributed by atoms with Crippen molar-refractivity contribution in [3.8, 4) is 5.75 Å². The van der Waals surface area contributed by atoms with E-state index in [1.807, 2.05) is 50.2 Å². The molecule has 0 unspecified atom stereocenters. The molecule has 0 aliphatic rings. The van der Waals surface area contributed by atoms with Crippen LogP contribution in [0.2, 0.25) is 0 Å². The number of nitrogens with zero attached hydrogens (tertiary/aromatic N) is 1. The number of halogens is 3. The SMILES string of the molecule is CC(C)Oc1c(I)cc(/C=N\NC(=O)CNc2ccc(I)cc2)cc1I. The van der Waals surface area contributed by atoms with Gasteiger partial charge < -0.3 is 10.1 Å². The Morgan fingerprint density at radius 2 is 1.77 bits per heavy atom. The fourth-order valence-corrected chi connectivity index (χ4v) is 4.40. The molecule has 5 nitrogen and oxygen atoms in total. The topological polar surface area (TPSA) is 62.7 Å². The van der Waals surface area contributed by atoms with Gasteiger partial charge in [-0.3, -0.25) is 4.79 Å². The number of hydrazone groups is 1. The number of hydrogen-bond acceptors (Lipinski definition) is 4. The van der Waals surface area contributed by atoms with Crippen molar-refractivity contribution in [1.82, 2.24) is 5.43 Å². The zero-order valence-corrected chi connectivity index (χ0v) is 20.7. The Morgan fingerprint density at radius 3 is 2.35 bits per heavy atom. The molecule has 0 spiro atoms. The third-order valence-corrected chi connectivity index (χ3v) is 5.40. The molecule has 0 saturated heterocycles. The first-order valence-corrected chi connectivity index (χ1v) is 11.1. The molecular weight excluding hydrogens is 671 g/mol. The van der Waals surface area contributed by atoms with Gasteiger partial charge >= 0.3 is 0 Å². The summed E-state index contributed by atoms with van der Waals surface area (Å²) in [5.41, 5.74) is 4.33. The smallest absolute Gasteiger partial charge is 0.259 e. The number of carbonyl (C=O) groups is 1. The largest absolute Gasteiger partial charge is 0.489 e. The Labute approximate surface area is 194 Å². The summed E-state index contributed by atoms with van der Waals surface area (Å²) in [5, 5.41) is 7.08. The highest BCUT2D eigenvalue weighted by Crippen LogP contribution is 2.29. The van der Waals surface area contributed by atoms with Crippen LogP contribution in [0.4, 0.5) is 5.69 Å². The van der Waals surface area contributed by atoms with Crippen molar-refractivity contribution in [2.45, 2.75) is 20.0 Å². The molecule has 0 heterocycles. The minimum atomic E-state index is -0.205. The quantitative estimate of drug-likeness (QED) is 0.249. The first kappa shape index (κ1) is 21.7. The molecule has 0 aliphatic heterocycles. The number of carbonyl (C=O) groups excluding carboxylic acids is 1. The minimum Gasteiger partial charge on any atom is -0.489 e. The van der Waals surface area contributed by atoms with Gasteiger partial charge in [0.1, 0.15) is 5.75 Å². The molecule has 26 heavy (non-hydrogen) atoms. The summed E-state index contributed by atoms with van der Waals surface area (Å²) >= 11 is 6.72. The maximum atomic E-state index is 11.9. The number of anilines is 1. The van der Waals surface area contributed by atoms with Gasteiger partial charge in [0.05, 0.1) is 26.0 Å². The molecule has 138 valence electrons. The lowest BCUT2D eigenvalue weighted by molar-refractivity contribution is -0.119. The summed E-state index contributed by atoms with van der Waals surface area (Å²) < 4.78 is 8.99.